The summed E-state index contributed by atoms with van der Waals surface area (Å²) in [4.78, 5) is 11.2. The van der Waals surface area contributed by atoms with Crippen molar-refractivity contribution in [1.29, 1.82) is 0 Å². The van der Waals surface area contributed by atoms with Crippen LogP contribution in [0.5, 0.6) is 0 Å². The van der Waals surface area contributed by atoms with Crippen molar-refractivity contribution in [3.8, 4) is 0 Å². The van der Waals surface area contributed by atoms with Crippen LogP contribution in [0.25, 0.3) is 0 Å². The molecule has 1 aromatic rings. The van der Waals surface area contributed by atoms with Crippen LogP contribution < -0.4 is 5.32 Å². The Bertz CT molecular complexity index is 366. The lowest BCUT2D eigenvalue weighted by atomic mass is 10.1. The first-order valence-corrected chi connectivity index (χ1v) is 5.23. The zero-order valence-electron chi connectivity index (χ0n) is 9.55. The maximum atomic E-state index is 13.2. The summed E-state index contributed by atoms with van der Waals surface area (Å²) in [6, 6.07) is 4.91. The first-order chi connectivity index (χ1) is 7.63. The van der Waals surface area contributed by atoms with Gasteiger partial charge in [0.1, 0.15) is 12.4 Å². The average molecular weight is 225 g/mol. The highest BCUT2D eigenvalue weighted by atomic mass is 19.1. The van der Waals surface area contributed by atoms with E-state index in [1.54, 1.807) is 19.1 Å². The predicted molar refractivity (Wildman–Crippen MR) is 59.5 cm³/mol. The highest BCUT2D eigenvalue weighted by Gasteiger charge is 2.02. The Hall–Kier alpha value is -1.42. The van der Waals surface area contributed by atoms with Crippen LogP contribution in [0.1, 0.15) is 18.1 Å². The molecule has 0 bridgehead atoms. The number of carbonyl (C=O) groups excluding carboxylic acids is 1. The summed E-state index contributed by atoms with van der Waals surface area (Å²) >= 11 is 0. The van der Waals surface area contributed by atoms with Crippen LogP contribution >= 0.6 is 0 Å². The van der Waals surface area contributed by atoms with Gasteiger partial charge in [0.25, 0.3) is 0 Å². The molecule has 0 saturated heterocycles. The van der Waals surface area contributed by atoms with E-state index in [0.717, 1.165) is 5.56 Å². The van der Waals surface area contributed by atoms with Gasteiger partial charge in [0.2, 0.25) is 5.91 Å². The normalized spacial score (nSPS) is 10.2. The summed E-state index contributed by atoms with van der Waals surface area (Å²) in [5, 5.41) is 2.65. The number of hydrogen-bond acceptors (Lipinski definition) is 2. The molecule has 0 radical (unpaired) electrons. The van der Waals surface area contributed by atoms with E-state index in [1.807, 2.05) is 6.92 Å². The molecule has 0 aliphatic heterocycles. The van der Waals surface area contributed by atoms with E-state index in [9.17, 15) is 9.18 Å². The molecular formula is C12H16FNO2. The van der Waals surface area contributed by atoms with Gasteiger partial charge in [-0.05, 0) is 31.0 Å². The molecule has 0 unspecified atom stereocenters. The molecule has 4 heteroatoms. The lowest BCUT2D eigenvalue weighted by Gasteiger charge is -2.06. The van der Waals surface area contributed by atoms with Crippen molar-refractivity contribution in [1.82, 2.24) is 5.32 Å². The molecule has 0 saturated carbocycles. The lowest BCUT2D eigenvalue weighted by molar-refractivity contribution is -0.125. The second kappa shape index (κ2) is 6.23. The van der Waals surface area contributed by atoms with Gasteiger partial charge in [-0.1, -0.05) is 12.1 Å². The highest BCUT2D eigenvalue weighted by molar-refractivity contribution is 5.77. The van der Waals surface area contributed by atoms with Gasteiger partial charge in [0.05, 0.1) is 0 Å². The minimum Gasteiger partial charge on any atom is -0.372 e. The molecule has 88 valence electrons. The Labute approximate surface area is 94.6 Å². The van der Waals surface area contributed by atoms with E-state index in [4.69, 9.17) is 4.74 Å². The van der Waals surface area contributed by atoms with E-state index < -0.39 is 0 Å². The van der Waals surface area contributed by atoms with Crippen molar-refractivity contribution in [2.75, 3.05) is 13.2 Å². The minimum atomic E-state index is -0.253. The summed E-state index contributed by atoms with van der Waals surface area (Å²) in [5.74, 6) is -0.445. The SMILES string of the molecule is CCOCC(=O)NCc1ccc(C)c(F)c1. The molecule has 1 amide bonds. The van der Waals surface area contributed by atoms with Crippen molar-refractivity contribution in [2.24, 2.45) is 0 Å². The van der Waals surface area contributed by atoms with Crippen molar-refractivity contribution >= 4 is 5.91 Å². The largest absolute Gasteiger partial charge is 0.372 e. The maximum Gasteiger partial charge on any atom is 0.246 e. The third-order valence-electron chi connectivity index (χ3n) is 2.16. The maximum absolute atomic E-state index is 13.2. The molecule has 3 nitrogen and oxygen atoms in total. The molecule has 16 heavy (non-hydrogen) atoms. The fourth-order valence-corrected chi connectivity index (χ4v) is 1.19. The summed E-state index contributed by atoms with van der Waals surface area (Å²) in [5.41, 5.74) is 1.34. The quantitative estimate of drug-likeness (QED) is 0.829. The van der Waals surface area contributed by atoms with Gasteiger partial charge in [-0.25, -0.2) is 4.39 Å². The molecule has 0 fully saturated rings. The zero-order valence-corrected chi connectivity index (χ0v) is 9.55. The van der Waals surface area contributed by atoms with E-state index in [1.165, 1.54) is 6.07 Å². The van der Waals surface area contributed by atoms with E-state index in [-0.39, 0.29) is 18.3 Å². The minimum absolute atomic E-state index is 0.0465. The summed E-state index contributed by atoms with van der Waals surface area (Å²) in [6.07, 6.45) is 0. The summed E-state index contributed by atoms with van der Waals surface area (Å²) in [7, 11) is 0. The second-order valence-corrected chi connectivity index (χ2v) is 3.50. The Morgan fingerprint density at radius 1 is 1.50 bits per heavy atom. The molecule has 0 aliphatic rings. The third kappa shape index (κ3) is 3.98. The van der Waals surface area contributed by atoms with Crippen molar-refractivity contribution in [2.45, 2.75) is 20.4 Å². The lowest BCUT2D eigenvalue weighted by Crippen LogP contribution is -2.27. The fourth-order valence-electron chi connectivity index (χ4n) is 1.19. The molecule has 1 aromatic carbocycles. The Morgan fingerprint density at radius 2 is 2.25 bits per heavy atom. The van der Waals surface area contributed by atoms with Crippen molar-refractivity contribution < 1.29 is 13.9 Å². The Balaban J connectivity index is 2.42. The molecule has 1 N–H and O–H groups in total. The number of carbonyl (C=O) groups is 1. The number of aryl methyl sites for hydroxylation is 1. The van der Waals surface area contributed by atoms with Gasteiger partial charge >= 0.3 is 0 Å². The van der Waals surface area contributed by atoms with E-state index >= 15 is 0 Å². The van der Waals surface area contributed by atoms with E-state index in [0.29, 0.717) is 18.7 Å². The number of ether oxygens (including phenoxy) is 1. The smallest absolute Gasteiger partial charge is 0.246 e. The molecule has 0 spiro atoms. The predicted octanol–water partition coefficient (Wildman–Crippen LogP) is 1.79. The fraction of sp³-hybridized carbons (Fsp3) is 0.417. The van der Waals surface area contributed by atoms with Gasteiger partial charge in [0, 0.05) is 13.2 Å². The summed E-state index contributed by atoms with van der Waals surface area (Å²) < 4.78 is 18.1. The standard InChI is InChI=1S/C12H16FNO2/c1-3-16-8-12(15)14-7-10-5-4-9(2)11(13)6-10/h4-6H,3,7-8H2,1-2H3,(H,14,15). The number of benzene rings is 1. The molecule has 1 rings (SSSR count). The first kappa shape index (κ1) is 12.6. The number of halogens is 1. The zero-order chi connectivity index (χ0) is 12.0. The molecule has 0 aliphatic carbocycles. The van der Waals surface area contributed by atoms with Crippen LogP contribution in [0.15, 0.2) is 18.2 Å². The van der Waals surface area contributed by atoms with Crippen LogP contribution in [-0.4, -0.2) is 19.1 Å². The van der Waals surface area contributed by atoms with E-state index in [2.05, 4.69) is 5.32 Å². The van der Waals surface area contributed by atoms with Crippen LogP contribution in [0.3, 0.4) is 0 Å². The van der Waals surface area contributed by atoms with Gasteiger partial charge in [-0.3, -0.25) is 4.79 Å². The number of hydrogen-bond donors (Lipinski definition) is 1. The third-order valence-corrected chi connectivity index (χ3v) is 2.16. The van der Waals surface area contributed by atoms with Gasteiger partial charge in [0.15, 0.2) is 0 Å². The number of amides is 1. The Kier molecular flexibility index (Phi) is 4.92. The van der Waals surface area contributed by atoms with Crippen LogP contribution in [0.2, 0.25) is 0 Å². The number of nitrogens with one attached hydrogen (secondary N) is 1. The molecule has 0 aromatic heterocycles. The highest BCUT2D eigenvalue weighted by Crippen LogP contribution is 2.08. The van der Waals surface area contributed by atoms with Crippen LogP contribution in [-0.2, 0) is 16.1 Å². The average Bonchev–Trinajstić information content (AvgIpc) is 2.28. The monoisotopic (exact) mass is 225 g/mol. The van der Waals surface area contributed by atoms with Gasteiger partial charge in [-0.15, -0.1) is 0 Å². The topological polar surface area (TPSA) is 38.3 Å². The van der Waals surface area contributed by atoms with Crippen molar-refractivity contribution in [3.05, 3.63) is 35.1 Å². The number of rotatable bonds is 5. The molecular weight excluding hydrogens is 209 g/mol. The second-order valence-electron chi connectivity index (χ2n) is 3.50. The van der Waals surface area contributed by atoms with Gasteiger partial charge < -0.3 is 10.1 Å². The van der Waals surface area contributed by atoms with Gasteiger partial charge in [-0.2, -0.15) is 0 Å². The summed E-state index contributed by atoms with van der Waals surface area (Å²) in [6.45, 7) is 4.40. The van der Waals surface area contributed by atoms with Crippen LogP contribution in [0, 0.1) is 12.7 Å². The molecule has 0 heterocycles. The molecule has 0 atom stereocenters. The van der Waals surface area contributed by atoms with Crippen molar-refractivity contribution in [3.63, 3.8) is 0 Å². The Morgan fingerprint density at radius 3 is 2.88 bits per heavy atom. The first-order valence-electron chi connectivity index (χ1n) is 5.23. The van der Waals surface area contributed by atoms with Crippen LogP contribution in [0.4, 0.5) is 4.39 Å².